The molecule has 0 aliphatic carbocycles. The monoisotopic (exact) mass is 372 g/mol. The predicted octanol–water partition coefficient (Wildman–Crippen LogP) is 4.32. The first-order valence-electron chi connectivity index (χ1n) is 8.81. The van der Waals surface area contributed by atoms with Crippen LogP contribution < -0.4 is 4.74 Å². The highest BCUT2D eigenvalue weighted by molar-refractivity contribution is 5.94. The Labute approximate surface area is 158 Å². The molecule has 5 heteroatoms. The Morgan fingerprint density at radius 1 is 1.26 bits per heavy atom. The lowest BCUT2D eigenvalue weighted by molar-refractivity contribution is -0.153. The average Bonchev–Trinajstić information content (AvgIpc) is 2.66. The van der Waals surface area contributed by atoms with Crippen molar-refractivity contribution in [3.05, 3.63) is 72.1 Å². The van der Waals surface area contributed by atoms with Gasteiger partial charge < -0.3 is 14.9 Å². The second-order valence-corrected chi connectivity index (χ2v) is 6.83. The maximum absolute atomic E-state index is 13.8. The van der Waals surface area contributed by atoms with E-state index in [4.69, 9.17) is 4.74 Å². The van der Waals surface area contributed by atoms with E-state index in [0.29, 0.717) is 18.4 Å². The molecule has 2 atom stereocenters. The van der Waals surface area contributed by atoms with Crippen LogP contribution in [0.3, 0.4) is 0 Å². The van der Waals surface area contributed by atoms with Gasteiger partial charge in [-0.2, -0.15) is 0 Å². The van der Waals surface area contributed by atoms with Gasteiger partial charge in [0.05, 0.1) is 7.11 Å². The second kappa shape index (κ2) is 8.82. The molecule has 0 bridgehead atoms. The third kappa shape index (κ3) is 4.95. The fourth-order valence-electron chi connectivity index (χ4n) is 3.10. The third-order valence-electron chi connectivity index (χ3n) is 4.76. The van der Waals surface area contributed by atoms with E-state index in [9.17, 15) is 19.4 Å². The Morgan fingerprint density at radius 3 is 2.48 bits per heavy atom. The summed E-state index contributed by atoms with van der Waals surface area (Å²) in [6.07, 6.45) is 1.19. The zero-order valence-electron chi connectivity index (χ0n) is 15.6. The highest BCUT2D eigenvalue weighted by Crippen LogP contribution is 2.33. The quantitative estimate of drug-likeness (QED) is 0.688. The van der Waals surface area contributed by atoms with Crippen LogP contribution in [0, 0.1) is 11.7 Å². The minimum atomic E-state index is -2.05. The molecule has 2 aromatic carbocycles. The number of rotatable bonds is 9. The number of ether oxygens (including phenoxy) is 1. The lowest BCUT2D eigenvalue weighted by atomic mass is 9.81. The fourth-order valence-corrected chi connectivity index (χ4v) is 3.10. The van der Waals surface area contributed by atoms with E-state index in [1.165, 1.54) is 13.2 Å². The van der Waals surface area contributed by atoms with Crippen molar-refractivity contribution in [2.45, 2.75) is 31.8 Å². The van der Waals surface area contributed by atoms with Crippen LogP contribution in [-0.2, 0) is 11.2 Å². The van der Waals surface area contributed by atoms with Crippen molar-refractivity contribution in [1.29, 1.82) is 0 Å². The standard InChI is InChI=1S/C22H25FO4/c1-15(9-10-17-11-12-20(27-3)19(23)13-17)14-22(26,21(24)25)16(2)18-7-5-4-6-8-18/h4-8,11-13,15,26H,2,9-10,14H2,1,3H3,(H,24,25). The molecule has 0 heterocycles. The normalized spacial score (nSPS) is 14.2. The van der Waals surface area contributed by atoms with Crippen molar-refractivity contribution in [2.24, 2.45) is 5.92 Å². The molecular formula is C22H25FO4. The van der Waals surface area contributed by atoms with Gasteiger partial charge >= 0.3 is 5.97 Å². The van der Waals surface area contributed by atoms with Crippen LogP contribution in [0.15, 0.2) is 55.1 Å². The van der Waals surface area contributed by atoms with Crippen molar-refractivity contribution < 1.29 is 24.1 Å². The SMILES string of the molecule is C=C(c1ccccc1)C(O)(CC(C)CCc1ccc(OC)c(F)c1)C(=O)O. The number of carbonyl (C=O) groups is 1. The number of hydrogen-bond donors (Lipinski definition) is 2. The minimum absolute atomic E-state index is 0.0225. The molecule has 0 saturated heterocycles. The number of aliphatic carboxylic acids is 1. The summed E-state index contributed by atoms with van der Waals surface area (Å²) in [7, 11) is 1.41. The highest BCUT2D eigenvalue weighted by Gasteiger charge is 2.40. The van der Waals surface area contributed by atoms with Crippen molar-refractivity contribution in [2.75, 3.05) is 7.11 Å². The Kier molecular flexibility index (Phi) is 6.75. The van der Waals surface area contributed by atoms with Gasteiger partial charge in [0.25, 0.3) is 0 Å². The maximum atomic E-state index is 13.8. The van der Waals surface area contributed by atoms with Crippen LogP contribution in [0.5, 0.6) is 5.75 Å². The largest absolute Gasteiger partial charge is 0.494 e. The van der Waals surface area contributed by atoms with Crippen molar-refractivity contribution in [3.63, 3.8) is 0 Å². The van der Waals surface area contributed by atoms with E-state index in [2.05, 4.69) is 6.58 Å². The summed E-state index contributed by atoms with van der Waals surface area (Å²) < 4.78 is 18.7. The van der Waals surface area contributed by atoms with E-state index in [1.807, 2.05) is 13.0 Å². The van der Waals surface area contributed by atoms with Crippen LogP contribution >= 0.6 is 0 Å². The summed E-state index contributed by atoms with van der Waals surface area (Å²) in [5.74, 6) is -1.68. The van der Waals surface area contributed by atoms with Gasteiger partial charge in [-0.25, -0.2) is 9.18 Å². The smallest absolute Gasteiger partial charge is 0.340 e. The van der Waals surface area contributed by atoms with Crippen LogP contribution in [0.1, 0.15) is 30.9 Å². The van der Waals surface area contributed by atoms with Gasteiger partial charge in [0.15, 0.2) is 17.2 Å². The lowest BCUT2D eigenvalue weighted by Crippen LogP contribution is -2.41. The Balaban J connectivity index is 2.06. The van der Waals surface area contributed by atoms with Gasteiger partial charge in [0, 0.05) is 0 Å². The van der Waals surface area contributed by atoms with Crippen LogP contribution in [-0.4, -0.2) is 28.9 Å². The van der Waals surface area contributed by atoms with Crippen LogP contribution in [0.2, 0.25) is 0 Å². The van der Waals surface area contributed by atoms with E-state index in [-0.39, 0.29) is 23.7 Å². The molecule has 0 saturated carbocycles. The van der Waals surface area contributed by atoms with Crippen molar-refractivity contribution in [1.82, 2.24) is 0 Å². The predicted molar refractivity (Wildman–Crippen MR) is 103 cm³/mol. The molecule has 2 N–H and O–H groups in total. The number of aliphatic hydroxyl groups is 1. The summed E-state index contributed by atoms with van der Waals surface area (Å²) in [5, 5.41) is 20.4. The first-order chi connectivity index (χ1) is 12.8. The molecule has 4 nitrogen and oxygen atoms in total. The summed E-state index contributed by atoms with van der Waals surface area (Å²) in [6.45, 7) is 5.69. The van der Waals surface area contributed by atoms with E-state index in [0.717, 1.165) is 5.56 Å². The molecule has 2 rings (SSSR count). The molecule has 2 unspecified atom stereocenters. The van der Waals surface area contributed by atoms with Gasteiger partial charge in [0.1, 0.15) is 0 Å². The number of carboxylic acids is 1. The third-order valence-corrected chi connectivity index (χ3v) is 4.76. The molecule has 0 aliphatic heterocycles. The fraction of sp³-hybridized carbons (Fsp3) is 0.318. The summed E-state index contributed by atoms with van der Waals surface area (Å²) >= 11 is 0. The van der Waals surface area contributed by atoms with Gasteiger partial charge in [-0.15, -0.1) is 0 Å². The Bertz CT molecular complexity index is 803. The molecule has 144 valence electrons. The summed E-state index contributed by atoms with van der Waals surface area (Å²) in [5.41, 5.74) is -0.503. The number of methoxy groups -OCH3 is 1. The van der Waals surface area contributed by atoms with Gasteiger partial charge in [-0.3, -0.25) is 0 Å². The molecule has 27 heavy (non-hydrogen) atoms. The molecule has 0 aliphatic rings. The first kappa shape index (κ1) is 20.6. The number of benzene rings is 2. The maximum Gasteiger partial charge on any atom is 0.340 e. The van der Waals surface area contributed by atoms with Gasteiger partial charge in [-0.1, -0.05) is 49.9 Å². The topological polar surface area (TPSA) is 66.8 Å². The molecule has 2 aromatic rings. The van der Waals surface area contributed by atoms with Crippen molar-refractivity contribution >= 4 is 11.5 Å². The number of aryl methyl sites for hydroxylation is 1. The minimum Gasteiger partial charge on any atom is -0.494 e. The molecule has 0 amide bonds. The number of hydrogen-bond acceptors (Lipinski definition) is 3. The molecular weight excluding hydrogens is 347 g/mol. The Morgan fingerprint density at radius 2 is 1.93 bits per heavy atom. The van der Waals surface area contributed by atoms with E-state index < -0.39 is 17.4 Å². The van der Waals surface area contributed by atoms with E-state index in [1.54, 1.807) is 36.4 Å². The average molecular weight is 372 g/mol. The molecule has 0 radical (unpaired) electrons. The zero-order valence-corrected chi connectivity index (χ0v) is 15.6. The summed E-state index contributed by atoms with van der Waals surface area (Å²) in [4.78, 5) is 11.8. The van der Waals surface area contributed by atoms with Crippen LogP contribution in [0.25, 0.3) is 5.57 Å². The number of carboxylic acid groups (broad SMARTS) is 1. The van der Waals surface area contributed by atoms with Gasteiger partial charge in [0.2, 0.25) is 0 Å². The van der Waals surface area contributed by atoms with Gasteiger partial charge in [-0.05, 0) is 54.0 Å². The Hall–Kier alpha value is -2.66. The lowest BCUT2D eigenvalue weighted by Gasteiger charge is -2.29. The number of halogens is 1. The second-order valence-electron chi connectivity index (χ2n) is 6.83. The van der Waals surface area contributed by atoms with E-state index >= 15 is 0 Å². The first-order valence-corrected chi connectivity index (χ1v) is 8.81. The zero-order chi connectivity index (χ0) is 20.0. The van der Waals surface area contributed by atoms with Crippen LogP contribution in [0.4, 0.5) is 4.39 Å². The highest BCUT2D eigenvalue weighted by atomic mass is 19.1. The molecule has 0 aromatic heterocycles. The molecule has 0 spiro atoms. The molecule has 0 fully saturated rings. The van der Waals surface area contributed by atoms with Crippen molar-refractivity contribution in [3.8, 4) is 5.75 Å². The summed E-state index contributed by atoms with van der Waals surface area (Å²) in [6, 6.07) is 13.6.